The van der Waals surface area contributed by atoms with Crippen molar-refractivity contribution in [1.29, 1.82) is 0 Å². The predicted octanol–water partition coefficient (Wildman–Crippen LogP) is 2.65. The van der Waals surface area contributed by atoms with Gasteiger partial charge in [0.15, 0.2) is 0 Å². The minimum absolute atomic E-state index is 0.155. The Hall–Kier alpha value is -0.430. The van der Waals surface area contributed by atoms with Crippen molar-refractivity contribution in [2.75, 3.05) is 24.3 Å². The molecule has 0 fully saturated rings. The summed E-state index contributed by atoms with van der Waals surface area (Å²) in [6, 6.07) is 2.98. The maximum atomic E-state index is 12.2. The molecule has 3 N–H and O–H groups in total. The van der Waals surface area contributed by atoms with E-state index in [0.717, 1.165) is 18.6 Å². The van der Waals surface area contributed by atoms with Gasteiger partial charge in [-0.25, -0.2) is 13.1 Å². The van der Waals surface area contributed by atoms with Gasteiger partial charge in [-0.15, -0.1) is 0 Å². The fourth-order valence-corrected chi connectivity index (χ4v) is 3.76. The molecule has 1 aromatic rings. The van der Waals surface area contributed by atoms with E-state index in [4.69, 9.17) is 17.3 Å². The van der Waals surface area contributed by atoms with E-state index in [2.05, 4.69) is 4.72 Å². The van der Waals surface area contributed by atoms with E-state index < -0.39 is 10.0 Å². The highest BCUT2D eigenvalue weighted by atomic mass is 35.5. The molecule has 0 heterocycles. The molecule has 0 spiro atoms. The second-order valence-corrected chi connectivity index (χ2v) is 7.37. The van der Waals surface area contributed by atoms with Crippen LogP contribution >= 0.6 is 23.4 Å². The number of unbranched alkanes of at least 4 members (excludes halogenated alkanes) is 1. The van der Waals surface area contributed by atoms with Gasteiger partial charge in [0.05, 0.1) is 4.90 Å². The summed E-state index contributed by atoms with van der Waals surface area (Å²) in [5.41, 5.74) is 6.65. The van der Waals surface area contributed by atoms with Crippen LogP contribution in [0.3, 0.4) is 0 Å². The standard InChI is InChI=1S/C12H19ClN2O2S2/c1-9-11(14)7-10(13)8-12(9)19(16,17)15-5-3-4-6-18-2/h7-8,15H,3-6,14H2,1-2H3. The van der Waals surface area contributed by atoms with Crippen LogP contribution in [0.1, 0.15) is 18.4 Å². The zero-order chi connectivity index (χ0) is 14.5. The number of rotatable bonds is 7. The topological polar surface area (TPSA) is 72.2 Å². The van der Waals surface area contributed by atoms with Crippen LogP contribution in [0.2, 0.25) is 5.02 Å². The smallest absolute Gasteiger partial charge is 0.240 e. The Bertz CT molecular complexity index is 533. The van der Waals surface area contributed by atoms with Crippen molar-refractivity contribution in [3.8, 4) is 0 Å². The number of benzene rings is 1. The molecular weight excluding hydrogens is 304 g/mol. The SMILES string of the molecule is CSCCCCNS(=O)(=O)c1cc(Cl)cc(N)c1C. The Morgan fingerprint density at radius 3 is 2.68 bits per heavy atom. The third kappa shape index (κ3) is 4.87. The van der Waals surface area contributed by atoms with Crippen LogP contribution in [0.5, 0.6) is 0 Å². The Kier molecular flexibility index (Phi) is 6.46. The van der Waals surface area contributed by atoms with Gasteiger partial charge in [0, 0.05) is 17.3 Å². The second kappa shape index (κ2) is 7.38. The molecule has 1 aromatic carbocycles. The normalized spacial score (nSPS) is 11.7. The average molecular weight is 323 g/mol. The minimum atomic E-state index is -3.54. The Balaban J connectivity index is 2.78. The molecule has 0 radical (unpaired) electrons. The molecule has 0 amide bonds. The molecule has 7 heteroatoms. The lowest BCUT2D eigenvalue weighted by molar-refractivity contribution is 0.578. The van der Waals surface area contributed by atoms with Gasteiger partial charge >= 0.3 is 0 Å². The third-order valence-electron chi connectivity index (χ3n) is 2.72. The van der Waals surface area contributed by atoms with E-state index in [1.54, 1.807) is 24.8 Å². The summed E-state index contributed by atoms with van der Waals surface area (Å²) in [7, 11) is -3.54. The van der Waals surface area contributed by atoms with Crippen LogP contribution in [0.25, 0.3) is 0 Å². The quantitative estimate of drug-likeness (QED) is 0.598. The van der Waals surface area contributed by atoms with E-state index in [9.17, 15) is 8.42 Å². The molecule has 0 unspecified atom stereocenters. The zero-order valence-electron chi connectivity index (χ0n) is 11.1. The second-order valence-electron chi connectivity index (χ2n) is 4.22. The fraction of sp³-hybridized carbons (Fsp3) is 0.500. The first kappa shape index (κ1) is 16.6. The van der Waals surface area contributed by atoms with Crippen LogP contribution in [0.4, 0.5) is 5.69 Å². The molecule has 0 aromatic heterocycles. The third-order valence-corrected chi connectivity index (χ3v) is 5.22. The molecule has 0 aliphatic rings. The van der Waals surface area contributed by atoms with Gasteiger partial charge in [0.2, 0.25) is 10.0 Å². The van der Waals surface area contributed by atoms with E-state index in [1.807, 2.05) is 6.26 Å². The molecule has 0 bridgehead atoms. The van der Waals surface area contributed by atoms with Crippen molar-refractivity contribution < 1.29 is 8.42 Å². The van der Waals surface area contributed by atoms with Crippen molar-refractivity contribution in [2.45, 2.75) is 24.7 Å². The minimum Gasteiger partial charge on any atom is -0.398 e. The molecule has 0 atom stereocenters. The van der Waals surface area contributed by atoms with E-state index >= 15 is 0 Å². The van der Waals surface area contributed by atoms with Crippen LogP contribution in [-0.2, 0) is 10.0 Å². The lowest BCUT2D eigenvalue weighted by Crippen LogP contribution is -2.25. The largest absolute Gasteiger partial charge is 0.398 e. The first-order valence-corrected chi connectivity index (χ1v) is 9.18. The van der Waals surface area contributed by atoms with Gasteiger partial charge in [-0.2, -0.15) is 11.8 Å². The van der Waals surface area contributed by atoms with Crippen LogP contribution in [0.15, 0.2) is 17.0 Å². The lowest BCUT2D eigenvalue weighted by atomic mass is 10.2. The summed E-state index contributed by atoms with van der Waals surface area (Å²) < 4.78 is 26.9. The number of hydrogen-bond donors (Lipinski definition) is 2. The molecule has 0 aliphatic heterocycles. The number of nitrogens with one attached hydrogen (secondary N) is 1. The molecule has 108 valence electrons. The first-order valence-electron chi connectivity index (χ1n) is 5.92. The van der Waals surface area contributed by atoms with Crippen LogP contribution in [0, 0.1) is 6.92 Å². The molecule has 19 heavy (non-hydrogen) atoms. The lowest BCUT2D eigenvalue weighted by Gasteiger charge is -2.11. The van der Waals surface area contributed by atoms with Crippen molar-refractivity contribution in [1.82, 2.24) is 4.72 Å². The van der Waals surface area contributed by atoms with Gasteiger partial charge in [0.1, 0.15) is 0 Å². The first-order chi connectivity index (χ1) is 8.88. The van der Waals surface area contributed by atoms with Gasteiger partial charge in [-0.1, -0.05) is 11.6 Å². The molecule has 4 nitrogen and oxygen atoms in total. The monoisotopic (exact) mass is 322 g/mol. The van der Waals surface area contributed by atoms with Gasteiger partial charge in [0.25, 0.3) is 0 Å². The summed E-state index contributed by atoms with van der Waals surface area (Å²) in [5, 5.41) is 0.325. The maximum Gasteiger partial charge on any atom is 0.240 e. The van der Waals surface area contributed by atoms with Gasteiger partial charge < -0.3 is 5.73 Å². The number of hydrogen-bond acceptors (Lipinski definition) is 4. The summed E-state index contributed by atoms with van der Waals surface area (Å²) in [6.07, 6.45) is 3.83. The number of nitrogens with two attached hydrogens (primary N) is 1. The van der Waals surface area contributed by atoms with E-state index in [1.165, 1.54) is 6.07 Å². The van der Waals surface area contributed by atoms with Gasteiger partial charge in [-0.3, -0.25) is 0 Å². The number of nitrogen functional groups attached to an aromatic ring is 1. The number of anilines is 1. The van der Waals surface area contributed by atoms with Crippen molar-refractivity contribution in [2.24, 2.45) is 0 Å². The molecule has 0 aliphatic carbocycles. The summed E-state index contributed by atoms with van der Waals surface area (Å²) in [5.74, 6) is 1.03. The van der Waals surface area contributed by atoms with Crippen LogP contribution < -0.4 is 10.5 Å². The summed E-state index contributed by atoms with van der Waals surface area (Å²) in [6.45, 7) is 2.10. The maximum absolute atomic E-state index is 12.2. The average Bonchev–Trinajstić information content (AvgIpc) is 2.33. The Morgan fingerprint density at radius 2 is 2.05 bits per heavy atom. The molecule has 1 rings (SSSR count). The Labute approximate surface area is 124 Å². The molecular formula is C12H19ClN2O2S2. The molecule has 0 saturated carbocycles. The zero-order valence-corrected chi connectivity index (χ0v) is 13.5. The summed E-state index contributed by atoms with van der Waals surface area (Å²) >= 11 is 7.61. The number of sulfonamides is 1. The van der Waals surface area contributed by atoms with Crippen molar-refractivity contribution in [3.05, 3.63) is 22.7 Å². The highest BCUT2D eigenvalue weighted by Crippen LogP contribution is 2.25. The van der Waals surface area contributed by atoms with E-state index in [0.29, 0.717) is 22.8 Å². The van der Waals surface area contributed by atoms with Crippen molar-refractivity contribution in [3.63, 3.8) is 0 Å². The highest BCUT2D eigenvalue weighted by Gasteiger charge is 2.18. The molecule has 0 saturated heterocycles. The highest BCUT2D eigenvalue weighted by molar-refractivity contribution is 7.98. The van der Waals surface area contributed by atoms with Crippen molar-refractivity contribution >= 4 is 39.1 Å². The van der Waals surface area contributed by atoms with Crippen LogP contribution in [-0.4, -0.2) is 27.0 Å². The predicted molar refractivity (Wildman–Crippen MR) is 83.4 cm³/mol. The number of halogens is 1. The fourth-order valence-electron chi connectivity index (χ4n) is 1.61. The Morgan fingerprint density at radius 1 is 1.37 bits per heavy atom. The summed E-state index contributed by atoms with van der Waals surface area (Å²) in [4.78, 5) is 0.155. The number of thioether (sulfide) groups is 1. The van der Waals surface area contributed by atoms with E-state index in [-0.39, 0.29) is 4.90 Å². The van der Waals surface area contributed by atoms with Gasteiger partial charge in [-0.05, 0) is 49.5 Å².